The van der Waals surface area contributed by atoms with E-state index in [-0.39, 0.29) is 0 Å². The topological polar surface area (TPSA) is 35.2 Å². The molecule has 74 valence electrons. The minimum atomic E-state index is 0.583. The lowest BCUT2D eigenvalue weighted by atomic mass is 10.3. The first-order valence-corrected chi connectivity index (χ1v) is 4.79. The summed E-state index contributed by atoms with van der Waals surface area (Å²) in [4.78, 5) is 0. The summed E-state index contributed by atoms with van der Waals surface area (Å²) in [5, 5.41) is 0.631. The first kappa shape index (κ1) is 12.1. The monoisotopic (exact) mass is 201 g/mol. The molecule has 2 nitrogen and oxygen atoms in total. The van der Waals surface area contributed by atoms with Crippen LogP contribution in [-0.2, 0) is 0 Å². The summed E-state index contributed by atoms with van der Waals surface area (Å²) in [5.74, 6) is 0.692. The van der Waals surface area contributed by atoms with Crippen molar-refractivity contribution in [3.63, 3.8) is 0 Å². The molecule has 0 aliphatic heterocycles. The summed E-state index contributed by atoms with van der Waals surface area (Å²) in [6, 6.07) is 5.19. The number of ether oxygens (including phenoxy) is 1. The molecule has 0 fully saturated rings. The number of benzene rings is 1. The van der Waals surface area contributed by atoms with Crippen molar-refractivity contribution in [1.82, 2.24) is 0 Å². The first-order chi connectivity index (χ1) is 6.24. The van der Waals surface area contributed by atoms with Gasteiger partial charge in [0.25, 0.3) is 0 Å². The van der Waals surface area contributed by atoms with Crippen LogP contribution in [0.3, 0.4) is 0 Å². The van der Waals surface area contributed by atoms with Gasteiger partial charge in [-0.25, -0.2) is 0 Å². The maximum atomic E-state index is 5.68. The molecule has 0 aromatic heterocycles. The van der Waals surface area contributed by atoms with E-state index in [1.165, 1.54) is 0 Å². The molecule has 0 saturated heterocycles. The molecule has 0 bridgehead atoms. The van der Waals surface area contributed by atoms with Crippen molar-refractivity contribution in [3.05, 3.63) is 23.2 Å². The van der Waals surface area contributed by atoms with Gasteiger partial charge >= 0.3 is 0 Å². The van der Waals surface area contributed by atoms with E-state index < -0.39 is 0 Å². The van der Waals surface area contributed by atoms with Gasteiger partial charge in [0, 0.05) is 5.02 Å². The van der Waals surface area contributed by atoms with Gasteiger partial charge in [-0.1, -0.05) is 25.4 Å². The van der Waals surface area contributed by atoms with Crippen LogP contribution in [-0.4, -0.2) is 6.61 Å². The number of halogens is 1. The zero-order chi connectivity index (χ0) is 10.3. The Balaban J connectivity index is 0.000000671. The summed E-state index contributed by atoms with van der Waals surface area (Å²) < 4.78 is 5.21. The molecule has 0 radical (unpaired) electrons. The zero-order valence-electron chi connectivity index (χ0n) is 8.30. The van der Waals surface area contributed by atoms with Crippen LogP contribution >= 0.6 is 11.6 Å². The molecular formula is C10H16ClNO. The van der Waals surface area contributed by atoms with E-state index in [9.17, 15) is 0 Å². The average Bonchev–Trinajstić information content (AvgIpc) is 2.14. The Kier molecular flexibility index (Phi) is 6.15. The molecule has 2 N–H and O–H groups in total. The molecule has 1 aromatic carbocycles. The summed E-state index contributed by atoms with van der Waals surface area (Å²) in [7, 11) is 0. The fourth-order valence-corrected chi connectivity index (χ4v) is 0.987. The maximum absolute atomic E-state index is 5.68. The Hall–Kier alpha value is -0.890. The second-order valence-corrected chi connectivity index (χ2v) is 2.55. The lowest BCUT2D eigenvalue weighted by molar-refractivity contribution is 0.342. The maximum Gasteiger partial charge on any atom is 0.142 e. The van der Waals surface area contributed by atoms with Crippen molar-refractivity contribution in [2.75, 3.05) is 12.3 Å². The molecule has 0 aliphatic rings. The van der Waals surface area contributed by atoms with Gasteiger partial charge in [0.05, 0.1) is 12.3 Å². The number of hydrogen-bond donors (Lipinski definition) is 1. The number of nitrogen functional groups attached to an aromatic ring is 1. The largest absolute Gasteiger partial charge is 0.492 e. The Morgan fingerprint density at radius 3 is 2.46 bits per heavy atom. The Morgan fingerprint density at radius 2 is 2.00 bits per heavy atom. The number of anilines is 1. The summed E-state index contributed by atoms with van der Waals surface area (Å²) in [5.41, 5.74) is 6.18. The quantitative estimate of drug-likeness (QED) is 0.745. The third-order valence-corrected chi connectivity index (χ3v) is 1.51. The van der Waals surface area contributed by atoms with Gasteiger partial charge in [0.1, 0.15) is 5.75 Å². The highest BCUT2D eigenvalue weighted by Crippen LogP contribution is 2.24. The van der Waals surface area contributed by atoms with Gasteiger partial charge in [-0.2, -0.15) is 0 Å². The van der Waals surface area contributed by atoms with E-state index in [1.54, 1.807) is 18.2 Å². The average molecular weight is 202 g/mol. The molecule has 0 atom stereocenters. The second-order valence-electron chi connectivity index (χ2n) is 2.12. The number of nitrogens with two attached hydrogens (primary N) is 1. The van der Waals surface area contributed by atoms with Gasteiger partial charge < -0.3 is 10.5 Å². The minimum absolute atomic E-state index is 0.583. The fourth-order valence-electron chi connectivity index (χ4n) is 0.806. The van der Waals surface area contributed by atoms with Crippen molar-refractivity contribution < 1.29 is 4.74 Å². The van der Waals surface area contributed by atoms with Crippen LogP contribution in [0.25, 0.3) is 0 Å². The SMILES string of the molecule is CC.CCOc1ccc(Cl)cc1N. The van der Waals surface area contributed by atoms with E-state index in [0.717, 1.165) is 0 Å². The van der Waals surface area contributed by atoms with Crippen LogP contribution in [0, 0.1) is 0 Å². The smallest absolute Gasteiger partial charge is 0.142 e. The van der Waals surface area contributed by atoms with Gasteiger partial charge in [0.15, 0.2) is 0 Å². The highest BCUT2D eigenvalue weighted by Gasteiger charge is 1.98. The van der Waals surface area contributed by atoms with Crippen molar-refractivity contribution in [1.29, 1.82) is 0 Å². The summed E-state index contributed by atoms with van der Waals surface area (Å²) >= 11 is 5.68. The molecule has 1 aromatic rings. The van der Waals surface area contributed by atoms with Gasteiger partial charge in [0.2, 0.25) is 0 Å². The normalized spacial score (nSPS) is 8.62. The fraction of sp³-hybridized carbons (Fsp3) is 0.400. The molecule has 13 heavy (non-hydrogen) atoms. The van der Waals surface area contributed by atoms with Crippen LogP contribution in [0.15, 0.2) is 18.2 Å². The third kappa shape index (κ3) is 4.04. The van der Waals surface area contributed by atoms with E-state index in [0.29, 0.717) is 23.1 Å². The molecular weight excluding hydrogens is 186 g/mol. The van der Waals surface area contributed by atoms with E-state index in [4.69, 9.17) is 22.1 Å². The predicted octanol–water partition coefficient (Wildman–Crippen LogP) is 3.35. The van der Waals surface area contributed by atoms with Gasteiger partial charge in [-0.05, 0) is 25.1 Å². The zero-order valence-corrected chi connectivity index (χ0v) is 9.06. The van der Waals surface area contributed by atoms with E-state index in [1.807, 2.05) is 20.8 Å². The summed E-state index contributed by atoms with van der Waals surface area (Å²) in [6.45, 7) is 6.53. The molecule has 0 amide bonds. The predicted molar refractivity (Wildman–Crippen MR) is 58.4 cm³/mol. The highest BCUT2D eigenvalue weighted by molar-refractivity contribution is 6.30. The molecule has 0 unspecified atom stereocenters. The summed E-state index contributed by atoms with van der Waals surface area (Å²) in [6.07, 6.45) is 0. The molecule has 0 aliphatic carbocycles. The molecule has 1 rings (SSSR count). The molecule has 3 heteroatoms. The Morgan fingerprint density at radius 1 is 1.38 bits per heavy atom. The van der Waals surface area contributed by atoms with Crippen LogP contribution in [0.5, 0.6) is 5.75 Å². The van der Waals surface area contributed by atoms with Crippen LogP contribution in [0.4, 0.5) is 5.69 Å². The van der Waals surface area contributed by atoms with Crippen molar-refractivity contribution in [2.45, 2.75) is 20.8 Å². The Bertz CT molecular complexity index is 251. The third-order valence-electron chi connectivity index (χ3n) is 1.27. The van der Waals surface area contributed by atoms with Crippen LogP contribution < -0.4 is 10.5 Å². The highest BCUT2D eigenvalue weighted by atomic mass is 35.5. The van der Waals surface area contributed by atoms with Crippen molar-refractivity contribution in [2.24, 2.45) is 0 Å². The minimum Gasteiger partial charge on any atom is -0.492 e. The number of rotatable bonds is 2. The van der Waals surface area contributed by atoms with Gasteiger partial charge in [-0.15, -0.1) is 0 Å². The van der Waals surface area contributed by atoms with Crippen LogP contribution in [0.1, 0.15) is 20.8 Å². The van der Waals surface area contributed by atoms with Crippen molar-refractivity contribution in [3.8, 4) is 5.75 Å². The second kappa shape index (κ2) is 6.61. The lowest BCUT2D eigenvalue weighted by Gasteiger charge is -2.05. The molecule has 0 heterocycles. The van der Waals surface area contributed by atoms with E-state index in [2.05, 4.69) is 0 Å². The molecule has 0 saturated carbocycles. The molecule has 0 spiro atoms. The Labute approximate surface area is 84.7 Å². The van der Waals surface area contributed by atoms with Crippen LogP contribution in [0.2, 0.25) is 5.02 Å². The standard InChI is InChI=1S/C8H10ClNO.C2H6/c1-2-11-8-4-3-6(9)5-7(8)10;1-2/h3-5H,2,10H2,1H3;1-2H3. The van der Waals surface area contributed by atoms with E-state index >= 15 is 0 Å². The number of hydrogen-bond acceptors (Lipinski definition) is 2. The van der Waals surface area contributed by atoms with Crippen molar-refractivity contribution >= 4 is 17.3 Å². The van der Waals surface area contributed by atoms with Gasteiger partial charge in [-0.3, -0.25) is 0 Å². The first-order valence-electron chi connectivity index (χ1n) is 4.42. The lowest BCUT2D eigenvalue weighted by Crippen LogP contribution is -1.95.